The molecule has 194 valence electrons. The van der Waals surface area contributed by atoms with Gasteiger partial charge in [-0.1, -0.05) is 133 Å². The van der Waals surface area contributed by atoms with E-state index in [1.165, 1.54) is 0 Å². The van der Waals surface area contributed by atoms with E-state index in [-0.39, 0.29) is 0 Å². The van der Waals surface area contributed by atoms with Crippen molar-refractivity contribution in [3.8, 4) is 61.4 Å². The van der Waals surface area contributed by atoms with Gasteiger partial charge in [-0.2, -0.15) is 0 Å². The summed E-state index contributed by atoms with van der Waals surface area (Å²) in [6.45, 7) is 0. The van der Waals surface area contributed by atoms with Crippen LogP contribution in [0.4, 0.5) is 11.4 Å². The van der Waals surface area contributed by atoms with E-state index >= 15 is 0 Å². The molecule has 0 saturated carbocycles. The predicted octanol–water partition coefficient (Wildman–Crippen LogP) is 9.19. The molecule has 40 heavy (non-hydrogen) atoms. The largest absolute Gasteiger partial charge is 0.496 e. The molecule has 0 fully saturated rings. The Hall–Kier alpha value is -5.28. The van der Waals surface area contributed by atoms with Gasteiger partial charge in [-0.25, -0.2) is 0 Å². The Labute approximate surface area is 235 Å². The van der Waals surface area contributed by atoms with E-state index in [0.717, 1.165) is 61.4 Å². The SMILES string of the molecule is COc1cccc(-c2c(N)c(N)c(-c3ccccc3)c(-c3ccccc3)c2-c2ccccc2)c1-c1ccccc1. The molecule has 3 nitrogen and oxygen atoms in total. The summed E-state index contributed by atoms with van der Waals surface area (Å²) in [4.78, 5) is 0. The Morgan fingerprint density at radius 3 is 1.20 bits per heavy atom. The Morgan fingerprint density at radius 2 is 0.750 bits per heavy atom. The second-order valence-electron chi connectivity index (χ2n) is 9.67. The number of hydrogen-bond acceptors (Lipinski definition) is 3. The third kappa shape index (κ3) is 4.38. The molecule has 0 radical (unpaired) electrons. The van der Waals surface area contributed by atoms with Crippen LogP contribution in [0.2, 0.25) is 0 Å². The van der Waals surface area contributed by atoms with Crippen molar-refractivity contribution in [2.24, 2.45) is 0 Å². The number of hydrogen-bond donors (Lipinski definition) is 2. The van der Waals surface area contributed by atoms with Crippen LogP contribution in [-0.2, 0) is 0 Å². The highest BCUT2D eigenvalue weighted by atomic mass is 16.5. The molecule has 4 N–H and O–H groups in total. The first-order chi connectivity index (χ1) is 19.7. The smallest absolute Gasteiger partial charge is 0.127 e. The lowest BCUT2D eigenvalue weighted by molar-refractivity contribution is 0.416. The Balaban J connectivity index is 1.83. The van der Waals surface area contributed by atoms with Gasteiger partial charge in [0.25, 0.3) is 0 Å². The lowest BCUT2D eigenvalue weighted by atomic mass is 9.79. The molecule has 6 aromatic carbocycles. The second kappa shape index (κ2) is 10.8. The van der Waals surface area contributed by atoms with Crippen molar-refractivity contribution in [2.45, 2.75) is 0 Å². The average molecular weight is 519 g/mol. The average Bonchev–Trinajstić information content (AvgIpc) is 3.03. The third-order valence-electron chi connectivity index (χ3n) is 7.34. The van der Waals surface area contributed by atoms with Gasteiger partial charge in [0.1, 0.15) is 5.75 Å². The van der Waals surface area contributed by atoms with E-state index in [4.69, 9.17) is 16.2 Å². The van der Waals surface area contributed by atoms with Crippen LogP contribution in [0.25, 0.3) is 55.6 Å². The molecule has 3 heteroatoms. The number of rotatable bonds is 6. The first-order valence-corrected chi connectivity index (χ1v) is 13.3. The molecule has 6 aromatic rings. The summed E-state index contributed by atoms with van der Waals surface area (Å²) in [7, 11) is 1.70. The maximum absolute atomic E-state index is 7.11. The fourth-order valence-corrected chi connectivity index (χ4v) is 5.57. The Bertz CT molecular complexity index is 1760. The summed E-state index contributed by atoms with van der Waals surface area (Å²) in [6, 6.07) is 47.5. The van der Waals surface area contributed by atoms with Crippen LogP contribution in [0.3, 0.4) is 0 Å². The van der Waals surface area contributed by atoms with Crippen LogP contribution >= 0.6 is 0 Å². The van der Waals surface area contributed by atoms with E-state index in [0.29, 0.717) is 11.4 Å². The summed E-state index contributed by atoms with van der Waals surface area (Å²) < 4.78 is 5.91. The van der Waals surface area contributed by atoms with Crippen molar-refractivity contribution < 1.29 is 4.74 Å². The van der Waals surface area contributed by atoms with Crippen molar-refractivity contribution in [1.29, 1.82) is 0 Å². The highest BCUT2D eigenvalue weighted by Crippen LogP contribution is 2.54. The summed E-state index contributed by atoms with van der Waals surface area (Å²) in [5.41, 5.74) is 25.3. The van der Waals surface area contributed by atoms with Crippen LogP contribution in [0, 0.1) is 0 Å². The van der Waals surface area contributed by atoms with Crippen LogP contribution < -0.4 is 16.2 Å². The number of nitrogen functional groups attached to an aromatic ring is 2. The molecule has 0 aromatic heterocycles. The van der Waals surface area contributed by atoms with E-state index < -0.39 is 0 Å². The van der Waals surface area contributed by atoms with Gasteiger partial charge < -0.3 is 16.2 Å². The molecule has 0 atom stereocenters. The molecule has 6 rings (SSSR count). The Morgan fingerprint density at radius 1 is 0.375 bits per heavy atom. The lowest BCUT2D eigenvalue weighted by Crippen LogP contribution is -2.06. The minimum Gasteiger partial charge on any atom is -0.496 e. The fourth-order valence-electron chi connectivity index (χ4n) is 5.57. The van der Waals surface area contributed by atoms with Gasteiger partial charge in [0.05, 0.1) is 18.5 Å². The van der Waals surface area contributed by atoms with E-state index in [1.807, 2.05) is 60.7 Å². The molecule has 0 bridgehead atoms. The zero-order valence-electron chi connectivity index (χ0n) is 22.3. The van der Waals surface area contributed by atoms with Gasteiger partial charge >= 0.3 is 0 Å². The summed E-state index contributed by atoms with van der Waals surface area (Å²) >= 11 is 0. The van der Waals surface area contributed by atoms with Gasteiger partial charge in [-0.05, 0) is 33.9 Å². The number of anilines is 2. The topological polar surface area (TPSA) is 61.3 Å². The highest BCUT2D eigenvalue weighted by molar-refractivity contribution is 6.13. The van der Waals surface area contributed by atoms with Gasteiger partial charge in [-0.3, -0.25) is 0 Å². The van der Waals surface area contributed by atoms with Crippen molar-refractivity contribution >= 4 is 11.4 Å². The van der Waals surface area contributed by atoms with Gasteiger partial charge in [-0.15, -0.1) is 0 Å². The molecule has 0 spiro atoms. The number of nitrogens with two attached hydrogens (primary N) is 2. The molecule has 0 aliphatic rings. The monoisotopic (exact) mass is 518 g/mol. The van der Waals surface area contributed by atoms with Crippen LogP contribution in [0.5, 0.6) is 5.75 Å². The second-order valence-corrected chi connectivity index (χ2v) is 9.67. The van der Waals surface area contributed by atoms with Crippen molar-refractivity contribution in [1.82, 2.24) is 0 Å². The molecular weight excluding hydrogens is 488 g/mol. The minimum absolute atomic E-state index is 0.544. The molecular formula is C37H30N2O. The third-order valence-corrected chi connectivity index (χ3v) is 7.34. The van der Waals surface area contributed by atoms with Crippen LogP contribution in [0.15, 0.2) is 140 Å². The van der Waals surface area contributed by atoms with Gasteiger partial charge in [0, 0.05) is 27.8 Å². The standard InChI is InChI=1S/C37H30N2O/c1-40-30-24-14-23-29(31(30)25-15-6-2-7-16-25)35-33(27-19-10-4-11-20-27)32(26-17-8-3-9-18-26)34(36(38)37(35)39)28-21-12-5-13-22-28/h2-24H,38-39H2,1H3. The maximum atomic E-state index is 7.11. The molecule has 0 saturated heterocycles. The molecule has 0 aliphatic heterocycles. The van der Waals surface area contributed by atoms with Crippen molar-refractivity contribution in [2.75, 3.05) is 18.6 Å². The fraction of sp³-hybridized carbons (Fsp3) is 0.0270. The molecule has 0 aliphatic carbocycles. The lowest BCUT2D eigenvalue weighted by Gasteiger charge is -2.26. The number of ether oxygens (including phenoxy) is 1. The molecule has 0 heterocycles. The minimum atomic E-state index is 0.544. The summed E-state index contributed by atoms with van der Waals surface area (Å²) in [5, 5.41) is 0. The van der Waals surface area contributed by atoms with E-state index in [9.17, 15) is 0 Å². The first kappa shape index (κ1) is 25.0. The molecule has 0 unspecified atom stereocenters. The van der Waals surface area contributed by atoms with E-state index in [1.54, 1.807) is 7.11 Å². The first-order valence-electron chi connectivity index (χ1n) is 13.3. The Kier molecular flexibility index (Phi) is 6.78. The maximum Gasteiger partial charge on any atom is 0.127 e. The number of benzene rings is 6. The quantitative estimate of drug-likeness (QED) is 0.216. The van der Waals surface area contributed by atoms with Gasteiger partial charge in [0.15, 0.2) is 0 Å². The zero-order valence-corrected chi connectivity index (χ0v) is 22.3. The van der Waals surface area contributed by atoms with E-state index in [2.05, 4.69) is 78.9 Å². The molecule has 0 amide bonds. The normalized spacial score (nSPS) is 10.8. The zero-order chi connectivity index (χ0) is 27.5. The highest BCUT2D eigenvalue weighted by Gasteiger charge is 2.27. The van der Waals surface area contributed by atoms with Crippen molar-refractivity contribution in [3.05, 3.63) is 140 Å². The van der Waals surface area contributed by atoms with Crippen LogP contribution in [0.1, 0.15) is 0 Å². The van der Waals surface area contributed by atoms with Crippen LogP contribution in [-0.4, -0.2) is 7.11 Å². The summed E-state index contributed by atoms with van der Waals surface area (Å²) in [5.74, 6) is 0.772. The van der Waals surface area contributed by atoms with Crippen molar-refractivity contribution in [3.63, 3.8) is 0 Å². The predicted molar refractivity (Wildman–Crippen MR) is 169 cm³/mol. The number of methoxy groups -OCH3 is 1. The summed E-state index contributed by atoms with van der Waals surface area (Å²) in [6.07, 6.45) is 0. The van der Waals surface area contributed by atoms with Gasteiger partial charge in [0.2, 0.25) is 0 Å².